The van der Waals surface area contributed by atoms with Gasteiger partial charge in [0.15, 0.2) is 0 Å². The van der Waals surface area contributed by atoms with Crippen LogP contribution in [0.5, 0.6) is 11.5 Å². The molecule has 0 aromatic heterocycles. The van der Waals surface area contributed by atoms with E-state index in [0.717, 1.165) is 26.2 Å². The van der Waals surface area contributed by atoms with Crippen LogP contribution >= 0.6 is 0 Å². The summed E-state index contributed by atoms with van der Waals surface area (Å²) < 4.78 is 5.93. The van der Waals surface area contributed by atoms with E-state index in [1.54, 1.807) is 6.07 Å². The van der Waals surface area contributed by atoms with Gasteiger partial charge in [0.05, 0.1) is 5.56 Å². The van der Waals surface area contributed by atoms with Crippen molar-refractivity contribution in [3.63, 3.8) is 0 Å². The Balaban J connectivity index is 1.30. The molecule has 0 bridgehead atoms. The topological polar surface area (TPSA) is 44.8 Å². The number of nitrogens with zero attached hydrogens (tertiary/aromatic N) is 2. The quantitative estimate of drug-likeness (QED) is 0.621. The fourth-order valence-corrected chi connectivity index (χ4v) is 3.88. The number of hydrogen-bond donors (Lipinski definition) is 1. The fourth-order valence-electron chi connectivity index (χ4n) is 3.88. The van der Waals surface area contributed by atoms with Crippen LogP contribution in [0.1, 0.15) is 17.3 Å². The van der Waals surface area contributed by atoms with E-state index >= 15 is 0 Å². The second-order valence-electron chi connectivity index (χ2n) is 7.83. The standard InChI is InChI=1S/C26H29N3O2/c1-21(28-16-18-29(19-17-28)22-10-4-2-5-11-22)20-27-26(30)24-14-8-9-15-25(24)31-23-12-6-3-7-13-23/h2-15,21H,16-20H2,1H3,(H,27,30). The minimum atomic E-state index is -0.110. The van der Waals surface area contributed by atoms with Gasteiger partial charge in [0, 0.05) is 44.5 Å². The molecule has 31 heavy (non-hydrogen) atoms. The van der Waals surface area contributed by atoms with Crippen molar-refractivity contribution in [3.8, 4) is 11.5 Å². The van der Waals surface area contributed by atoms with Crippen molar-refractivity contribution in [2.45, 2.75) is 13.0 Å². The summed E-state index contributed by atoms with van der Waals surface area (Å²) in [7, 11) is 0. The summed E-state index contributed by atoms with van der Waals surface area (Å²) >= 11 is 0. The largest absolute Gasteiger partial charge is 0.457 e. The highest BCUT2D eigenvalue weighted by Gasteiger charge is 2.22. The van der Waals surface area contributed by atoms with Crippen LogP contribution in [0.3, 0.4) is 0 Å². The van der Waals surface area contributed by atoms with E-state index in [9.17, 15) is 4.79 Å². The number of nitrogens with one attached hydrogen (secondary N) is 1. The number of benzene rings is 3. The van der Waals surface area contributed by atoms with Gasteiger partial charge in [-0.2, -0.15) is 0 Å². The molecule has 0 spiro atoms. The third kappa shape index (κ3) is 5.44. The van der Waals surface area contributed by atoms with Crippen LogP contribution in [0.2, 0.25) is 0 Å². The molecule has 1 heterocycles. The van der Waals surface area contributed by atoms with E-state index in [0.29, 0.717) is 23.6 Å². The van der Waals surface area contributed by atoms with Crippen LogP contribution in [0.25, 0.3) is 0 Å². The molecule has 0 aliphatic carbocycles. The van der Waals surface area contributed by atoms with Crippen LogP contribution in [0.4, 0.5) is 5.69 Å². The van der Waals surface area contributed by atoms with Gasteiger partial charge in [-0.05, 0) is 43.3 Å². The van der Waals surface area contributed by atoms with Gasteiger partial charge < -0.3 is 15.0 Å². The van der Waals surface area contributed by atoms with Gasteiger partial charge in [-0.15, -0.1) is 0 Å². The van der Waals surface area contributed by atoms with E-state index in [-0.39, 0.29) is 11.9 Å². The van der Waals surface area contributed by atoms with E-state index < -0.39 is 0 Å². The lowest BCUT2D eigenvalue weighted by Gasteiger charge is -2.39. The maximum absolute atomic E-state index is 12.9. The van der Waals surface area contributed by atoms with Crippen molar-refractivity contribution in [2.75, 3.05) is 37.6 Å². The normalized spacial score (nSPS) is 15.3. The molecule has 1 atom stereocenters. The number of piperazine rings is 1. The molecule has 3 aromatic rings. The minimum absolute atomic E-state index is 0.110. The van der Waals surface area contributed by atoms with Gasteiger partial charge in [-0.25, -0.2) is 0 Å². The highest BCUT2D eigenvalue weighted by molar-refractivity contribution is 5.97. The average molecular weight is 416 g/mol. The van der Waals surface area contributed by atoms with Crippen molar-refractivity contribution >= 4 is 11.6 Å². The van der Waals surface area contributed by atoms with Crippen LogP contribution in [-0.4, -0.2) is 49.6 Å². The van der Waals surface area contributed by atoms with Gasteiger partial charge in [0.2, 0.25) is 0 Å². The Morgan fingerprint density at radius 2 is 1.48 bits per heavy atom. The lowest BCUT2D eigenvalue weighted by Crippen LogP contribution is -2.52. The number of para-hydroxylation sites is 3. The first kappa shape index (κ1) is 20.9. The Bertz CT molecular complexity index is 970. The summed E-state index contributed by atoms with van der Waals surface area (Å²) in [5.74, 6) is 1.17. The highest BCUT2D eigenvalue weighted by Crippen LogP contribution is 2.25. The van der Waals surface area contributed by atoms with Crippen molar-refractivity contribution in [1.29, 1.82) is 0 Å². The molecule has 1 amide bonds. The molecular weight excluding hydrogens is 386 g/mol. The van der Waals surface area contributed by atoms with Gasteiger partial charge in [-0.1, -0.05) is 48.5 Å². The fraction of sp³-hybridized carbons (Fsp3) is 0.269. The van der Waals surface area contributed by atoms with Crippen molar-refractivity contribution in [1.82, 2.24) is 10.2 Å². The van der Waals surface area contributed by atoms with E-state index in [1.165, 1.54) is 5.69 Å². The predicted molar refractivity (Wildman–Crippen MR) is 125 cm³/mol. The number of hydrogen-bond acceptors (Lipinski definition) is 4. The van der Waals surface area contributed by atoms with Crippen LogP contribution < -0.4 is 15.0 Å². The summed E-state index contributed by atoms with van der Waals surface area (Å²) in [5.41, 5.74) is 1.82. The van der Waals surface area contributed by atoms with Crippen molar-refractivity contribution < 1.29 is 9.53 Å². The number of amides is 1. The minimum Gasteiger partial charge on any atom is -0.457 e. The molecule has 160 valence electrons. The van der Waals surface area contributed by atoms with Crippen molar-refractivity contribution in [3.05, 3.63) is 90.5 Å². The Morgan fingerprint density at radius 3 is 2.19 bits per heavy atom. The van der Waals surface area contributed by atoms with Gasteiger partial charge >= 0.3 is 0 Å². The maximum atomic E-state index is 12.9. The smallest absolute Gasteiger partial charge is 0.255 e. The maximum Gasteiger partial charge on any atom is 0.255 e. The summed E-state index contributed by atoms with van der Waals surface area (Å²) in [5, 5.41) is 3.09. The zero-order chi connectivity index (χ0) is 21.5. The van der Waals surface area contributed by atoms with E-state index in [1.807, 2.05) is 54.6 Å². The first-order valence-electron chi connectivity index (χ1n) is 10.8. The molecule has 1 N–H and O–H groups in total. The predicted octanol–water partition coefficient (Wildman–Crippen LogP) is 4.42. The highest BCUT2D eigenvalue weighted by atomic mass is 16.5. The monoisotopic (exact) mass is 415 g/mol. The second kappa shape index (κ2) is 10.1. The molecule has 5 nitrogen and oxygen atoms in total. The molecule has 1 fully saturated rings. The number of carbonyl (C=O) groups is 1. The molecule has 3 aromatic carbocycles. The molecule has 0 saturated carbocycles. The molecule has 1 aliphatic heterocycles. The zero-order valence-corrected chi connectivity index (χ0v) is 17.9. The van der Waals surface area contributed by atoms with Crippen LogP contribution in [0, 0.1) is 0 Å². The zero-order valence-electron chi connectivity index (χ0n) is 17.9. The molecular formula is C26H29N3O2. The molecule has 4 rings (SSSR count). The molecule has 1 saturated heterocycles. The molecule has 5 heteroatoms. The third-order valence-electron chi connectivity index (χ3n) is 5.72. The summed E-state index contributed by atoms with van der Waals surface area (Å²) in [6.45, 7) is 6.74. The first-order valence-corrected chi connectivity index (χ1v) is 10.8. The van der Waals surface area contributed by atoms with Crippen molar-refractivity contribution in [2.24, 2.45) is 0 Å². The van der Waals surface area contributed by atoms with Crippen LogP contribution in [0.15, 0.2) is 84.9 Å². The second-order valence-corrected chi connectivity index (χ2v) is 7.83. The van der Waals surface area contributed by atoms with E-state index in [4.69, 9.17) is 4.74 Å². The summed E-state index contributed by atoms with van der Waals surface area (Å²) in [4.78, 5) is 17.7. The van der Waals surface area contributed by atoms with Gasteiger partial charge in [-0.3, -0.25) is 9.69 Å². The number of ether oxygens (including phenoxy) is 1. The SMILES string of the molecule is CC(CNC(=O)c1ccccc1Oc1ccccc1)N1CCN(c2ccccc2)CC1. The Hall–Kier alpha value is -3.31. The lowest BCUT2D eigenvalue weighted by molar-refractivity contribution is 0.0932. The average Bonchev–Trinajstić information content (AvgIpc) is 2.84. The molecule has 0 radical (unpaired) electrons. The van der Waals surface area contributed by atoms with E-state index in [2.05, 4.69) is 46.3 Å². The van der Waals surface area contributed by atoms with Crippen LogP contribution in [-0.2, 0) is 0 Å². The third-order valence-corrected chi connectivity index (χ3v) is 5.72. The molecule has 1 aliphatic rings. The Morgan fingerprint density at radius 1 is 0.871 bits per heavy atom. The first-order chi connectivity index (χ1) is 15.2. The number of carbonyl (C=O) groups excluding carboxylic acids is 1. The Labute approximate surface area is 184 Å². The lowest BCUT2D eigenvalue weighted by atomic mass is 10.1. The number of rotatable bonds is 7. The van der Waals surface area contributed by atoms with Gasteiger partial charge in [0.25, 0.3) is 5.91 Å². The van der Waals surface area contributed by atoms with Gasteiger partial charge in [0.1, 0.15) is 11.5 Å². The summed E-state index contributed by atoms with van der Waals surface area (Å²) in [6.07, 6.45) is 0. The molecule has 1 unspecified atom stereocenters. The Kier molecular flexibility index (Phi) is 6.85. The summed E-state index contributed by atoms with van der Waals surface area (Å²) in [6, 6.07) is 27.7. The number of anilines is 1.